The van der Waals surface area contributed by atoms with Crippen LogP contribution >= 0.6 is 0 Å². The fourth-order valence-electron chi connectivity index (χ4n) is 2.92. The van der Waals surface area contributed by atoms with Crippen LogP contribution < -0.4 is 9.64 Å². The molecule has 0 saturated heterocycles. The number of phenols is 1. The van der Waals surface area contributed by atoms with Crippen molar-refractivity contribution in [2.75, 3.05) is 18.5 Å². The maximum absolute atomic E-state index is 9.63. The van der Waals surface area contributed by atoms with Crippen LogP contribution in [0, 0.1) is 13.8 Å². The maximum Gasteiger partial charge on any atom is 0.146 e. The number of benzene rings is 2. The van der Waals surface area contributed by atoms with Gasteiger partial charge in [0.2, 0.25) is 0 Å². The van der Waals surface area contributed by atoms with Crippen LogP contribution in [-0.4, -0.2) is 24.8 Å². The lowest BCUT2D eigenvalue weighted by Gasteiger charge is -2.34. The number of anilines is 1. The number of hydrogen-bond acceptors (Lipinski definition) is 3. The van der Waals surface area contributed by atoms with E-state index in [9.17, 15) is 5.11 Å². The maximum atomic E-state index is 9.63. The molecule has 110 valence electrons. The van der Waals surface area contributed by atoms with Gasteiger partial charge < -0.3 is 14.7 Å². The highest BCUT2D eigenvalue weighted by Crippen LogP contribution is 2.36. The topological polar surface area (TPSA) is 32.7 Å². The quantitative estimate of drug-likeness (QED) is 0.916. The van der Waals surface area contributed by atoms with Crippen molar-refractivity contribution in [1.82, 2.24) is 0 Å². The number of likely N-dealkylation sites (N-methyl/N-ethyl adjacent to an activating group) is 1. The van der Waals surface area contributed by atoms with E-state index < -0.39 is 0 Å². The zero-order valence-electron chi connectivity index (χ0n) is 12.8. The van der Waals surface area contributed by atoms with Gasteiger partial charge in [-0.05, 0) is 42.7 Å². The summed E-state index contributed by atoms with van der Waals surface area (Å²) in [6.07, 6.45) is 0.984. The number of ether oxygens (including phenoxy) is 1. The molecule has 1 unspecified atom stereocenters. The van der Waals surface area contributed by atoms with Gasteiger partial charge in [-0.3, -0.25) is 0 Å². The highest BCUT2D eigenvalue weighted by molar-refractivity contribution is 5.62. The van der Waals surface area contributed by atoms with E-state index in [-0.39, 0.29) is 11.9 Å². The Hall–Kier alpha value is -2.16. The molecule has 1 aliphatic rings. The third-order valence-corrected chi connectivity index (χ3v) is 4.29. The molecule has 0 radical (unpaired) electrons. The molecule has 2 aromatic carbocycles. The van der Waals surface area contributed by atoms with Gasteiger partial charge in [0, 0.05) is 19.5 Å². The smallest absolute Gasteiger partial charge is 0.146 e. The normalized spacial score (nSPS) is 17.3. The molecule has 3 nitrogen and oxygen atoms in total. The van der Waals surface area contributed by atoms with Gasteiger partial charge in [0.1, 0.15) is 17.6 Å². The number of aryl methyl sites for hydroxylation is 1. The molecule has 0 amide bonds. The summed E-state index contributed by atoms with van der Waals surface area (Å²) in [6.45, 7) is 5.15. The average Bonchev–Trinajstić information content (AvgIpc) is 2.43. The van der Waals surface area contributed by atoms with E-state index in [4.69, 9.17) is 4.74 Å². The first-order valence-electron chi connectivity index (χ1n) is 7.30. The fourth-order valence-corrected chi connectivity index (χ4v) is 2.92. The van der Waals surface area contributed by atoms with Crippen molar-refractivity contribution in [3.63, 3.8) is 0 Å². The summed E-state index contributed by atoms with van der Waals surface area (Å²) in [7, 11) is 2.06. The van der Waals surface area contributed by atoms with E-state index in [0.29, 0.717) is 0 Å². The van der Waals surface area contributed by atoms with Crippen LogP contribution in [0.4, 0.5) is 5.69 Å². The zero-order valence-corrected chi connectivity index (χ0v) is 12.8. The molecule has 2 aromatic rings. The first-order chi connectivity index (χ1) is 10.0. The summed E-state index contributed by atoms with van der Waals surface area (Å²) < 4.78 is 6.08. The number of aromatic hydroxyl groups is 1. The summed E-state index contributed by atoms with van der Waals surface area (Å²) in [5.41, 5.74) is 5.02. The van der Waals surface area contributed by atoms with Crippen LogP contribution in [0.2, 0.25) is 0 Å². The average molecular weight is 283 g/mol. The van der Waals surface area contributed by atoms with Gasteiger partial charge in [0.25, 0.3) is 0 Å². The van der Waals surface area contributed by atoms with E-state index in [1.165, 1.54) is 16.7 Å². The van der Waals surface area contributed by atoms with E-state index in [1.54, 1.807) is 12.1 Å². The van der Waals surface area contributed by atoms with Crippen molar-refractivity contribution in [1.29, 1.82) is 0 Å². The van der Waals surface area contributed by atoms with Gasteiger partial charge >= 0.3 is 0 Å². The molecule has 1 heterocycles. The van der Waals surface area contributed by atoms with Gasteiger partial charge in [-0.25, -0.2) is 0 Å². The van der Waals surface area contributed by atoms with Crippen LogP contribution in [0.1, 0.15) is 16.7 Å². The molecular formula is C18H21NO2. The SMILES string of the molecule is Cc1cccc(CC2CN(C)c3ccc(O)cc3O2)c1C. The molecule has 1 N–H and O–H groups in total. The van der Waals surface area contributed by atoms with E-state index >= 15 is 0 Å². The highest BCUT2D eigenvalue weighted by atomic mass is 16.5. The molecule has 0 aromatic heterocycles. The second-order valence-electron chi connectivity index (χ2n) is 5.84. The molecule has 3 heteroatoms. The van der Waals surface area contributed by atoms with Crippen LogP contribution in [0.15, 0.2) is 36.4 Å². The summed E-state index contributed by atoms with van der Waals surface area (Å²) in [4.78, 5) is 2.19. The highest BCUT2D eigenvalue weighted by Gasteiger charge is 2.24. The van der Waals surface area contributed by atoms with Crippen LogP contribution in [0.3, 0.4) is 0 Å². The minimum atomic E-state index is 0.102. The molecule has 0 fully saturated rings. The number of nitrogens with zero attached hydrogens (tertiary/aromatic N) is 1. The Kier molecular flexibility index (Phi) is 3.50. The molecule has 0 bridgehead atoms. The largest absolute Gasteiger partial charge is 0.508 e. The third kappa shape index (κ3) is 2.68. The summed E-state index contributed by atoms with van der Waals surface area (Å²) in [5.74, 6) is 1.01. The second kappa shape index (κ2) is 5.32. The molecule has 0 spiro atoms. The lowest BCUT2D eigenvalue weighted by atomic mass is 9.98. The standard InChI is InChI=1S/C18H21NO2/c1-12-5-4-6-14(13(12)2)9-16-11-19(3)17-8-7-15(20)10-18(17)21-16/h4-8,10,16,20H,9,11H2,1-3H3. The zero-order chi connectivity index (χ0) is 15.0. The minimum Gasteiger partial charge on any atom is -0.508 e. The molecule has 0 saturated carbocycles. The fraction of sp³-hybridized carbons (Fsp3) is 0.333. The van der Waals surface area contributed by atoms with Gasteiger partial charge in [0.05, 0.1) is 12.2 Å². The Morgan fingerprint density at radius 1 is 1.24 bits per heavy atom. The van der Waals surface area contributed by atoms with Crippen LogP contribution in [-0.2, 0) is 6.42 Å². The lowest BCUT2D eigenvalue weighted by molar-refractivity contribution is 0.195. The number of fused-ring (bicyclic) bond motifs is 1. The van der Waals surface area contributed by atoms with E-state index in [0.717, 1.165) is 24.4 Å². The van der Waals surface area contributed by atoms with Crippen molar-refractivity contribution >= 4 is 5.69 Å². The van der Waals surface area contributed by atoms with Gasteiger partial charge in [0.15, 0.2) is 0 Å². The monoisotopic (exact) mass is 283 g/mol. The summed E-state index contributed by atoms with van der Waals surface area (Å²) in [5, 5.41) is 9.63. The van der Waals surface area contributed by atoms with Crippen molar-refractivity contribution in [3.05, 3.63) is 53.1 Å². The van der Waals surface area contributed by atoms with Crippen molar-refractivity contribution < 1.29 is 9.84 Å². The lowest BCUT2D eigenvalue weighted by Crippen LogP contribution is -2.39. The number of phenolic OH excluding ortho intramolecular Hbond substituents is 1. The first kappa shape index (κ1) is 13.8. The minimum absolute atomic E-state index is 0.102. The van der Waals surface area contributed by atoms with E-state index in [1.807, 2.05) is 6.07 Å². The van der Waals surface area contributed by atoms with Gasteiger partial charge in [-0.2, -0.15) is 0 Å². The summed E-state index contributed by atoms with van der Waals surface area (Å²) in [6, 6.07) is 11.7. The van der Waals surface area contributed by atoms with Crippen LogP contribution in [0.5, 0.6) is 11.5 Å². The van der Waals surface area contributed by atoms with Crippen LogP contribution in [0.25, 0.3) is 0 Å². The Labute approximate surface area is 125 Å². The Bertz CT molecular complexity index is 666. The van der Waals surface area contributed by atoms with Crippen molar-refractivity contribution in [2.45, 2.75) is 26.4 Å². The Morgan fingerprint density at radius 2 is 2.05 bits per heavy atom. The predicted octanol–water partition coefficient (Wildman–Crippen LogP) is 3.45. The number of rotatable bonds is 2. The third-order valence-electron chi connectivity index (χ3n) is 4.29. The number of hydrogen-bond donors (Lipinski definition) is 1. The predicted molar refractivity (Wildman–Crippen MR) is 85.4 cm³/mol. The van der Waals surface area contributed by atoms with Gasteiger partial charge in [-0.15, -0.1) is 0 Å². The molecule has 1 aliphatic heterocycles. The molecule has 21 heavy (non-hydrogen) atoms. The second-order valence-corrected chi connectivity index (χ2v) is 5.84. The molecule has 0 aliphatic carbocycles. The van der Waals surface area contributed by atoms with Crippen molar-refractivity contribution in [2.24, 2.45) is 0 Å². The van der Waals surface area contributed by atoms with Gasteiger partial charge in [-0.1, -0.05) is 18.2 Å². The first-order valence-corrected chi connectivity index (χ1v) is 7.30. The van der Waals surface area contributed by atoms with Crippen molar-refractivity contribution in [3.8, 4) is 11.5 Å². The van der Waals surface area contributed by atoms with E-state index in [2.05, 4.69) is 44.0 Å². The Balaban J connectivity index is 1.84. The molecule has 1 atom stereocenters. The Morgan fingerprint density at radius 3 is 2.86 bits per heavy atom. The molecular weight excluding hydrogens is 262 g/mol. The summed E-state index contributed by atoms with van der Waals surface area (Å²) >= 11 is 0. The molecule has 3 rings (SSSR count).